The number of aryl methyl sites for hydroxylation is 1. The summed E-state index contributed by atoms with van der Waals surface area (Å²) < 4.78 is 0. The fourth-order valence-corrected chi connectivity index (χ4v) is 3.59. The van der Waals surface area contributed by atoms with Gasteiger partial charge >= 0.3 is 0 Å². The van der Waals surface area contributed by atoms with E-state index in [0.717, 1.165) is 12.1 Å². The molecular formula is C21H26N2. The third-order valence-electron chi connectivity index (χ3n) is 4.93. The molecule has 0 radical (unpaired) electrons. The lowest BCUT2D eigenvalue weighted by atomic mass is 9.80. The standard InChI is InChI=1S/C21H26N2/c1-15(2)12-17-13-18-10-11-23(5)21(4,20(18)22-14-17)19-9-7-6-8-16(19)3/h6-11,13-15H,12H2,1-5H3. The Labute approximate surface area is 139 Å². The minimum absolute atomic E-state index is 0.230. The number of fused-ring (bicyclic) bond motifs is 1. The molecule has 0 N–H and O–H groups in total. The Bertz CT molecular complexity index is 745. The molecule has 1 aromatic carbocycles. The van der Waals surface area contributed by atoms with Gasteiger partial charge in [-0.05, 0) is 55.0 Å². The van der Waals surface area contributed by atoms with Crippen molar-refractivity contribution in [2.45, 2.75) is 39.7 Å². The zero-order valence-electron chi connectivity index (χ0n) is 14.8. The van der Waals surface area contributed by atoms with E-state index in [1.165, 1.54) is 22.3 Å². The predicted octanol–water partition coefficient (Wildman–Crippen LogP) is 4.77. The zero-order valence-corrected chi connectivity index (χ0v) is 14.8. The van der Waals surface area contributed by atoms with Crippen LogP contribution in [0, 0.1) is 12.8 Å². The van der Waals surface area contributed by atoms with Gasteiger partial charge in [-0.3, -0.25) is 4.98 Å². The topological polar surface area (TPSA) is 16.1 Å². The Kier molecular flexibility index (Phi) is 4.01. The Morgan fingerprint density at radius 2 is 1.96 bits per heavy atom. The van der Waals surface area contributed by atoms with E-state index in [-0.39, 0.29) is 5.54 Å². The van der Waals surface area contributed by atoms with Crippen molar-refractivity contribution in [3.8, 4) is 0 Å². The van der Waals surface area contributed by atoms with Crippen LogP contribution in [-0.4, -0.2) is 16.9 Å². The van der Waals surface area contributed by atoms with Gasteiger partial charge in [0.25, 0.3) is 0 Å². The Morgan fingerprint density at radius 1 is 1.22 bits per heavy atom. The van der Waals surface area contributed by atoms with E-state index in [4.69, 9.17) is 4.98 Å². The summed E-state index contributed by atoms with van der Waals surface area (Å²) in [5.74, 6) is 0.646. The van der Waals surface area contributed by atoms with E-state index >= 15 is 0 Å². The normalized spacial score (nSPS) is 20.0. The van der Waals surface area contributed by atoms with Crippen LogP contribution >= 0.6 is 0 Å². The summed E-state index contributed by atoms with van der Waals surface area (Å²) in [6, 6.07) is 10.9. The van der Waals surface area contributed by atoms with Gasteiger partial charge in [0.1, 0.15) is 5.54 Å². The summed E-state index contributed by atoms with van der Waals surface area (Å²) >= 11 is 0. The molecule has 2 heteroatoms. The number of rotatable bonds is 3. The Hall–Kier alpha value is -2.09. The largest absolute Gasteiger partial charge is 0.366 e. The van der Waals surface area contributed by atoms with Crippen LogP contribution in [-0.2, 0) is 12.0 Å². The van der Waals surface area contributed by atoms with Gasteiger partial charge in [0.15, 0.2) is 0 Å². The first-order chi connectivity index (χ1) is 10.9. The van der Waals surface area contributed by atoms with E-state index in [1.807, 2.05) is 0 Å². The maximum Gasteiger partial charge on any atom is 0.105 e. The molecule has 120 valence electrons. The number of aromatic nitrogens is 1. The summed E-state index contributed by atoms with van der Waals surface area (Å²) in [5.41, 5.74) is 6.09. The molecule has 3 rings (SSSR count). The molecule has 0 saturated carbocycles. The van der Waals surface area contributed by atoms with Crippen molar-refractivity contribution < 1.29 is 0 Å². The van der Waals surface area contributed by atoms with Crippen molar-refractivity contribution in [1.29, 1.82) is 0 Å². The van der Waals surface area contributed by atoms with Crippen LogP contribution in [0.5, 0.6) is 0 Å². The Morgan fingerprint density at radius 3 is 2.65 bits per heavy atom. The van der Waals surface area contributed by atoms with Gasteiger partial charge in [0.05, 0.1) is 5.69 Å². The van der Waals surface area contributed by atoms with Gasteiger partial charge < -0.3 is 4.90 Å². The molecule has 1 unspecified atom stereocenters. The first kappa shape index (κ1) is 15.8. The molecule has 2 heterocycles. The maximum atomic E-state index is 4.90. The maximum absolute atomic E-state index is 4.90. The zero-order chi connectivity index (χ0) is 16.6. The molecule has 23 heavy (non-hydrogen) atoms. The van der Waals surface area contributed by atoms with Crippen LogP contribution in [0.3, 0.4) is 0 Å². The monoisotopic (exact) mass is 306 g/mol. The van der Waals surface area contributed by atoms with Crippen molar-refractivity contribution in [1.82, 2.24) is 9.88 Å². The van der Waals surface area contributed by atoms with Crippen molar-refractivity contribution in [2.24, 2.45) is 5.92 Å². The molecule has 0 saturated heterocycles. The molecule has 0 spiro atoms. The van der Waals surface area contributed by atoms with E-state index in [9.17, 15) is 0 Å². The molecule has 0 aliphatic carbocycles. The molecule has 2 nitrogen and oxygen atoms in total. The highest BCUT2D eigenvalue weighted by atomic mass is 15.2. The molecule has 1 atom stereocenters. The average Bonchev–Trinajstić information content (AvgIpc) is 2.51. The molecule has 0 amide bonds. The second-order valence-corrected chi connectivity index (χ2v) is 7.19. The van der Waals surface area contributed by atoms with E-state index in [1.54, 1.807) is 0 Å². The average molecular weight is 306 g/mol. The number of nitrogens with zero attached hydrogens (tertiary/aromatic N) is 2. The van der Waals surface area contributed by atoms with Crippen molar-refractivity contribution in [2.75, 3.05) is 7.05 Å². The van der Waals surface area contributed by atoms with Gasteiger partial charge in [-0.1, -0.05) is 38.1 Å². The summed E-state index contributed by atoms with van der Waals surface area (Å²) in [5, 5.41) is 0. The quantitative estimate of drug-likeness (QED) is 0.812. The number of hydrogen-bond acceptors (Lipinski definition) is 2. The van der Waals surface area contributed by atoms with Crippen LogP contribution in [0.2, 0.25) is 0 Å². The minimum Gasteiger partial charge on any atom is -0.366 e. The second-order valence-electron chi connectivity index (χ2n) is 7.19. The summed E-state index contributed by atoms with van der Waals surface area (Å²) in [4.78, 5) is 7.17. The van der Waals surface area contributed by atoms with Crippen molar-refractivity contribution in [3.63, 3.8) is 0 Å². The van der Waals surface area contributed by atoms with Crippen molar-refractivity contribution in [3.05, 3.63) is 70.7 Å². The molecule has 1 aromatic heterocycles. The Balaban J connectivity index is 2.14. The van der Waals surface area contributed by atoms with Crippen LogP contribution < -0.4 is 0 Å². The number of hydrogen-bond donors (Lipinski definition) is 0. The van der Waals surface area contributed by atoms with E-state index in [0.29, 0.717) is 5.92 Å². The summed E-state index contributed by atoms with van der Waals surface area (Å²) in [7, 11) is 2.13. The lowest BCUT2D eigenvalue weighted by Gasteiger charge is -2.42. The fourth-order valence-electron chi connectivity index (χ4n) is 3.59. The van der Waals surface area contributed by atoms with Gasteiger partial charge in [0, 0.05) is 25.0 Å². The minimum atomic E-state index is -0.230. The second kappa shape index (κ2) is 5.84. The fraction of sp³-hybridized carbons (Fsp3) is 0.381. The SMILES string of the molecule is Cc1ccccc1C1(C)c2ncc(CC(C)C)cc2C=CN1C. The molecule has 2 aromatic rings. The smallest absolute Gasteiger partial charge is 0.105 e. The molecule has 1 aliphatic heterocycles. The molecule has 0 bridgehead atoms. The van der Waals surface area contributed by atoms with Gasteiger partial charge in [-0.25, -0.2) is 0 Å². The summed E-state index contributed by atoms with van der Waals surface area (Å²) in [6.07, 6.45) is 7.50. The van der Waals surface area contributed by atoms with Crippen LogP contribution in [0.15, 0.2) is 42.7 Å². The van der Waals surface area contributed by atoms with Gasteiger partial charge in [-0.2, -0.15) is 0 Å². The molecular weight excluding hydrogens is 280 g/mol. The highest BCUT2D eigenvalue weighted by Crippen LogP contribution is 2.40. The van der Waals surface area contributed by atoms with E-state index < -0.39 is 0 Å². The van der Waals surface area contributed by atoms with Crippen LogP contribution in [0.4, 0.5) is 0 Å². The summed E-state index contributed by atoms with van der Waals surface area (Å²) in [6.45, 7) is 8.95. The highest BCUT2D eigenvalue weighted by Gasteiger charge is 2.38. The predicted molar refractivity (Wildman–Crippen MR) is 97.2 cm³/mol. The first-order valence-corrected chi connectivity index (χ1v) is 8.39. The highest BCUT2D eigenvalue weighted by molar-refractivity contribution is 5.60. The lowest BCUT2D eigenvalue weighted by Crippen LogP contribution is -2.42. The number of pyridine rings is 1. The van der Waals surface area contributed by atoms with Gasteiger partial charge in [0.2, 0.25) is 0 Å². The third kappa shape index (κ3) is 2.67. The van der Waals surface area contributed by atoms with Crippen LogP contribution in [0.1, 0.15) is 48.7 Å². The van der Waals surface area contributed by atoms with Crippen LogP contribution in [0.25, 0.3) is 6.08 Å². The van der Waals surface area contributed by atoms with E-state index in [2.05, 4.69) is 88.4 Å². The lowest BCUT2D eigenvalue weighted by molar-refractivity contribution is 0.243. The number of benzene rings is 1. The van der Waals surface area contributed by atoms with Crippen molar-refractivity contribution >= 4 is 6.08 Å². The third-order valence-corrected chi connectivity index (χ3v) is 4.93. The molecule has 0 fully saturated rings. The van der Waals surface area contributed by atoms with Gasteiger partial charge in [-0.15, -0.1) is 0 Å². The molecule has 1 aliphatic rings. The first-order valence-electron chi connectivity index (χ1n) is 8.39.